The highest BCUT2D eigenvalue weighted by atomic mass is 16.5. The smallest absolute Gasteiger partial charge is 0.296 e. The van der Waals surface area contributed by atoms with E-state index in [-0.39, 0.29) is 12.1 Å². The third-order valence-corrected chi connectivity index (χ3v) is 3.83. The van der Waals surface area contributed by atoms with Crippen LogP contribution in [0.25, 0.3) is 5.57 Å². The van der Waals surface area contributed by atoms with E-state index < -0.39 is 17.6 Å². The van der Waals surface area contributed by atoms with E-state index in [4.69, 9.17) is 9.47 Å². The molecule has 1 aliphatic heterocycles. The first-order valence-corrected chi connectivity index (χ1v) is 8.11. The Labute approximate surface area is 141 Å². The van der Waals surface area contributed by atoms with Gasteiger partial charge in [-0.05, 0) is 30.5 Å². The summed E-state index contributed by atoms with van der Waals surface area (Å²) in [6.07, 6.45) is 2.60. The molecule has 24 heavy (non-hydrogen) atoms. The van der Waals surface area contributed by atoms with Crippen LogP contribution in [0.1, 0.15) is 31.7 Å². The number of benzene rings is 1. The molecule has 0 atom stereocenters. The highest BCUT2D eigenvalue weighted by molar-refractivity contribution is 6.34. The average molecular weight is 333 g/mol. The Hall–Kier alpha value is -2.34. The molecule has 0 aliphatic carbocycles. The zero-order valence-electron chi connectivity index (χ0n) is 14.1. The number of amides is 2. The zero-order valence-corrected chi connectivity index (χ0v) is 14.1. The Morgan fingerprint density at radius 2 is 1.71 bits per heavy atom. The first-order chi connectivity index (χ1) is 11.6. The number of imide groups is 1. The van der Waals surface area contributed by atoms with Gasteiger partial charge in [-0.2, -0.15) is 0 Å². The zero-order chi connectivity index (χ0) is 17.5. The van der Waals surface area contributed by atoms with Gasteiger partial charge in [0, 0.05) is 19.8 Å². The third kappa shape index (κ3) is 3.94. The molecule has 1 aliphatic rings. The van der Waals surface area contributed by atoms with Crippen LogP contribution in [-0.2, 0) is 14.3 Å². The second-order valence-corrected chi connectivity index (χ2v) is 5.53. The molecule has 0 unspecified atom stereocenters. The summed E-state index contributed by atoms with van der Waals surface area (Å²) in [5, 5.41) is 10.1. The molecule has 2 rings (SSSR count). The molecule has 0 spiro atoms. The number of carbonyl (C=O) groups excluding carboxylic acids is 2. The lowest BCUT2D eigenvalue weighted by molar-refractivity contribution is -0.138. The largest absolute Gasteiger partial charge is 0.502 e. The second kappa shape index (κ2) is 8.49. The van der Waals surface area contributed by atoms with Gasteiger partial charge in [-0.25, -0.2) is 0 Å². The van der Waals surface area contributed by atoms with E-state index in [0.717, 1.165) is 17.7 Å². The van der Waals surface area contributed by atoms with Gasteiger partial charge in [0.1, 0.15) is 5.75 Å². The molecule has 0 saturated carbocycles. The van der Waals surface area contributed by atoms with Crippen LogP contribution in [0, 0.1) is 0 Å². The summed E-state index contributed by atoms with van der Waals surface area (Å²) in [5.74, 6) is -0.996. The van der Waals surface area contributed by atoms with E-state index in [1.807, 2.05) is 0 Å². The number of hydrogen-bond acceptors (Lipinski definition) is 5. The first kappa shape index (κ1) is 18.0. The number of unbranched alkanes of at least 4 members (excludes halogenated alkanes) is 1. The van der Waals surface area contributed by atoms with Gasteiger partial charge in [-0.15, -0.1) is 0 Å². The van der Waals surface area contributed by atoms with E-state index in [2.05, 4.69) is 6.92 Å². The average Bonchev–Trinajstić information content (AvgIpc) is 2.81. The predicted molar refractivity (Wildman–Crippen MR) is 89.6 cm³/mol. The molecule has 6 nitrogen and oxygen atoms in total. The minimum Gasteiger partial charge on any atom is -0.502 e. The van der Waals surface area contributed by atoms with Crippen LogP contribution in [0.15, 0.2) is 30.0 Å². The molecule has 2 amide bonds. The van der Waals surface area contributed by atoms with Gasteiger partial charge in [0.05, 0.1) is 12.7 Å². The van der Waals surface area contributed by atoms with Crippen molar-refractivity contribution in [2.75, 3.05) is 26.9 Å². The number of aliphatic hydroxyl groups excluding tert-OH is 1. The van der Waals surface area contributed by atoms with Crippen molar-refractivity contribution < 1.29 is 24.2 Å². The van der Waals surface area contributed by atoms with Crippen LogP contribution in [-0.4, -0.2) is 48.7 Å². The van der Waals surface area contributed by atoms with Gasteiger partial charge in [0.15, 0.2) is 5.76 Å². The van der Waals surface area contributed by atoms with E-state index in [1.165, 1.54) is 0 Å². The summed E-state index contributed by atoms with van der Waals surface area (Å²) in [6, 6.07) is 6.65. The molecule has 1 N–H and O–H groups in total. The summed E-state index contributed by atoms with van der Waals surface area (Å²) in [4.78, 5) is 25.7. The normalized spacial score (nSPS) is 14.7. The first-order valence-electron chi connectivity index (χ1n) is 8.11. The Kier molecular flexibility index (Phi) is 6.37. The number of ether oxygens (including phenoxy) is 2. The SMILES string of the molecule is CCCCOCCCN1C(=O)C(O)=C(c2ccc(OC)cc2)C1=O. The molecule has 1 heterocycles. The van der Waals surface area contributed by atoms with Crippen molar-refractivity contribution in [1.82, 2.24) is 4.90 Å². The Morgan fingerprint density at radius 1 is 1.04 bits per heavy atom. The Balaban J connectivity index is 1.98. The highest BCUT2D eigenvalue weighted by Gasteiger charge is 2.38. The maximum atomic E-state index is 12.5. The Bertz CT molecular complexity index is 621. The van der Waals surface area contributed by atoms with E-state index >= 15 is 0 Å². The molecule has 1 aromatic rings. The van der Waals surface area contributed by atoms with Gasteiger partial charge in [0.25, 0.3) is 11.8 Å². The van der Waals surface area contributed by atoms with Crippen molar-refractivity contribution in [2.45, 2.75) is 26.2 Å². The number of hydrogen-bond donors (Lipinski definition) is 1. The lowest BCUT2D eigenvalue weighted by Crippen LogP contribution is -2.33. The van der Waals surface area contributed by atoms with E-state index in [9.17, 15) is 14.7 Å². The molecule has 0 bridgehead atoms. The lowest BCUT2D eigenvalue weighted by Gasteiger charge is -2.14. The van der Waals surface area contributed by atoms with Crippen LogP contribution in [0.4, 0.5) is 0 Å². The van der Waals surface area contributed by atoms with Crippen molar-refractivity contribution in [3.63, 3.8) is 0 Å². The van der Waals surface area contributed by atoms with Crippen molar-refractivity contribution in [1.29, 1.82) is 0 Å². The quantitative estimate of drug-likeness (QED) is 0.555. The standard InChI is InChI=1S/C18H23NO5/c1-3-4-11-24-12-5-10-19-17(21)15(16(20)18(19)22)13-6-8-14(23-2)9-7-13/h6-9,20H,3-5,10-12H2,1-2H3. The van der Waals surface area contributed by atoms with Crippen LogP contribution in [0.2, 0.25) is 0 Å². The van der Waals surface area contributed by atoms with Crippen LogP contribution in [0.5, 0.6) is 5.75 Å². The molecule has 0 fully saturated rings. The van der Waals surface area contributed by atoms with Crippen molar-refractivity contribution in [2.24, 2.45) is 0 Å². The summed E-state index contributed by atoms with van der Waals surface area (Å²) < 4.78 is 10.5. The summed E-state index contributed by atoms with van der Waals surface area (Å²) in [7, 11) is 1.54. The minimum atomic E-state index is -0.653. The summed E-state index contributed by atoms with van der Waals surface area (Å²) in [6.45, 7) is 3.47. The molecular weight excluding hydrogens is 310 g/mol. The minimum absolute atomic E-state index is 0.0366. The molecule has 6 heteroatoms. The van der Waals surface area contributed by atoms with Gasteiger partial charge >= 0.3 is 0 Å². The molecule has 1 aromatic carbocycles. The van der Waals surface area contributed by atoms with Crippen molar-refractivity contribution in [3.05, 3.63) is 35.6 Å². The number of methoxy groups -OCH3 is 1. The van der Waals surface area contributed by atoms with Crippen molar-refractivity contribution in [3.8, 4) is 5.75 Å². The summed E-state index contributed by atoms with van der Waals surface area (Å²) in [5.41, 5.74) is 0.530. The lowest BCUT2D eigenvalue weighted by atomic mass is 10.1. The second-order valence-electron chi connectivity index (χ2n) is 5.53. The highest BCUT2D eigenvalue weighted by Crippen LogP contribution is 2.29. The number of nitrogens with zero attached hydrogens (tertiary/aromatic N) is 1. The molecular formula is C18H23NO5. The fourth-order valence-corrected chi connectivity index (χ4v) is 2.46. The summed E-state index contributed by atoms with van der Waals surface area (Å²) >= 11 is 0. The predicted octanol–water partition coefficient (Wildman–Crippen LogP) is 2.54. The topological polar surface area (TPSA) is 76.1 Å². The third-order valence-electron chi connectivity index (χ3n) is 3.83. The van der Waals surface area contributed by atoms with E-state index in [0.29, 0.717) is 30.9 Å². The fourth-order valence-electron chi connectivity index (χ4n) is 2.46. The molecule has 130 valence electrons. The van der Waals surface area contributed by atoms with Gasteiger partial charge < -0.3 is 14.6 Å². The van der Waals surface area contributed by atoms with Crippen LogP contribution in [0.3, 0.4) is 0 Å². The fraction of sp³-hybridized carbons (Fsp3) is 0.444. The molecule has 0 saturated heterocycles. The number of rotatable bonds is 9. The monoisotopic (exact) mass is 333 g/mol. The van der Waals surface area contributed by atoms with E-state index in [1.54, 1.807) is 31.4 Å². The van der Waals surface area contributed by atoms with Gasteiger partial charge in [-0.1, -0.05) is 25.5 Å². The van der Waals surface area contributed by atoms with Crippen molar-refractivity contribution >= 4 is 17.4 Å². The maximum absolute atomic E-state index is 12.5. The number of aliphatic hydroxyl groups is 1. The molecule has 0 radical (unpaired) electrons. The molecule has 0 aromatic heterocycles. The van der Waals surface area contributed by atoms with Gasteiger partial charge in [-0.3, -0.25) is 14.5 Å². The van der Waals surface area contributed by atoms with Gasteiger partial charge in [0.2, 0.25) is 0 Å². The maximum Gasteiger partial charge on any atom is 0.296 e. The van der Waals surface area contributed by atoms with Crippen LogP contribution < -0.4 is 4.74 Å². The van der Waals surface area contributed by atoms with Crippen LogP contribution >= 0.6 is 0 Å². The Morgan fingerprint density at radius 3 is 2.33 bits per heavy atom. The number of carbonyl (C=O) groups is 2.